The highest BCUT2D eigenvalue weighted by Crippen LogP contribution is 2.24. The molecule has 1 rings (SSSR count). The van der Waals surface area contributed by atoms with Crippen molar-refractivity contribution in [2.24, 2.45) is 5.92 Å². The van der Waals surface area contributed by atoms with Crippen molar-refractivity contribution in [2.75, 3.05) is 13.1 Å². The van der Waals surface area contributed by atoms with Crippen LogP contribution < -0.4 is 5.32 Å². The summed E-state index contributed by atoms with van der Waals surface area (Å²) in [5.74, 6) is -0.409. The maximum atomic E-state index is 10.9. The number of nitrogens with one attached hydrogen (secondary N) is 1. The molecule has 1 atom stereocenters. The van der Waals surface area contributed by atoms with Crippen LogP contribution >= 0.6 is 0 Å². The number of hydrogen-bond acceptors (Lipinski definition) is 3. The van der Waals surface area contributed by atoms with Gasteiger partial charge in [-0.3, -0.25) is 9.59 Å². The highest BCUT2D eigenvalue weighted by atomic mass is 16.4. The van der Waals surface area contributed by atoms with Gasteiger partial charge < -0.3 is 15.3 Å². The van der Waals surface area contributed by atoms with E-state index in [1.54, 1.807) is 13.0 Å². The molecule has 0 aromatic heterocycles. The number of nitrogens with zero attached hydrogens (tertiary/aromatic N) is 1. The van der Waals surface area contributed by atoms with E-state index in [0.717, 1.165) is 30.8 Å². The SMILES string of the molecule is CCCC1C=C(/C=C\C=C(/C)NC=O)N(CC(=O)O)C1. The van der Waals surface area contributed by atoms with E-state index in [4.69, 9.17) is 5.11 Å². The summed E-state index contributed by atoms with van der Waals surface area (Å²) < 4.78 is 0. The number of carbonyl (C=O) groups is 2. The number of aliphatic carboxylic acids is 1. The van der Waals surface area contributed by atoms with Crippen molar-refractivity contribution in [1.82, 2.24) is 10.2 Å². The highest BCUT2D eigenvalue weighted by Gasteiger charge is 2.22. The van der Waals surface area contributed by atoms with Gasteiger partial charge in [0.05, 0.1) is 0 Å². The van der Waals surface area contributed by atoms with Gasteiger partial charge in [0.1, 0.15) is 6.54 Å². The summed E-state index contributed by atoms with van der Waals surface area (Å²) in [7, 11) is 0. The molecular weight excluding hydrogens is 256 g/mol. The highest BCUT2D eigenvalue weighted by molar-refractivity contribution is 5.69. The number of amides is 1. The van der Waals surface area contributed by atoms with Crippen LogP contribution in [0.2, 0.25) is 0 Å². The molecular formula is C15H22N2O3. The molecule has 5 nitrogen and oxygen atoms in total. The standard InChI is InChI=1S/C15H22N2O3/c1-3-5-13-8-14(17(9-13)10-15(19)20)7-4-6-12(2)16-11-18/h4,6-8,11,13H,3,5,9-10H2,1-2H3,(H,16,18)(H,19,20)/b7-4-,12-6+. The number of allylic oxidation sites excluding steroid dienone is 4. The first-order chi connectivity index (χ1) is 9.56. The van der Waals surface area contributed by atoms with Gasteiger partial charge in [0.25, 0.3) is 0 Å². The molecule has 110 valence electrons. The molecule has 1 heterocycles. The Labute approximate surface area is 119 Å². The van der Waals surface area contributed by atoms with Crippen LogP contribution in [0, 0.1) is 5.92 Å². The molecule has 5 heteroatoms. The molecule has 0 spiro atoms. The summed E-state index contributed by atoms with van der Waals surface area (Å²) >= 11 is 0. The fourth-order valence-corrected chi connectivity index (χ4v) is 2.25. The molecule has 1 amide bonds. The molecule has 20 heavy (non-hydrogen) atoms. The van der Waals surface area contributed by atoms with Gasteiger partial charge in [-0.2, -0.15) is 0 Å². The van der Waals surface area contributed by atoms with Gasteiger partial charge in [-0.05, 0) is 31.4 Å². The zero-order valence-electron chi connectivity index (χ0n) is 12.0. The van der Waals surface area contributed by atoms with Crippen molar-refractivity contribution in [2.45, 2.75) is 26.7 Å². The largest absolute Gasteiger partial charge is 0.480 e. The summed E-state index contributed by atoms with van der Waals surface area (Å²) in [4.78, 5) is 23.0. The first-order valence-corrected chi connectivity index (χ1v) is 6.80. The zero-order valence-corrected chi connectivity index (χ0v) is 12.0. The van der Waals surface area contributed by atoms with Gasteiger partial charge in [0, 0.05) is 17.9 Å². The van der Waals surface area contributed by atoms with Crippen LogP contribution in [-0.2, 0) is 9.59 Å². The number of hydrogen-bond donors (Lipinski definition) is 2. The zero-order chi connectivity index (χ0) is 15.0. The maximum absolute atomic E-state index is 10.9. The average molecular weight is 278 g/mol. The fraction of sp³-hybridized carbons (Fsp3) is 0.467. The minimum Gasteiger partial charge on any atom is -0.480 e. The molecule has 1 unspecified atom stereocenters. The summed E-state index contributed by atoms with van der Waals surface area (Å²) in [6, 6.07) is 0. The molecule has 2 N–H and O–H groups in total. The fourth-order valence-electron chi connectivity index (χ4n) is 2.25. The monoisotopic (exact) mass is 278 g/mol. The van der Waals surface area contributed by atoms with Crippen molar-refractivity contribution >= 4 is 12.4 Å². The Bertz CT molecular complexity index is 438. The van der Waals surface area contributed by atoms with Crippen molar-refractivity contribution in [3.8, 4) is 0 Å². The Hall–Kier alpha value is -2.04. The van der Waals surface area contributed by atoms with Gasteiger partial charge in [0.15, 0.2) is 0 Å². The van der Waals surface area contributed by atoms with Gasteiger partial charge in [0.2, 0.25) is 6.41 Å². The molecule has 0 saturated carbocycles. The smallest absolute Gasteiger partial charge is 0.323 e. The lowest BCUT2D eigenvalue weighted by molar-refractivity contribution is -0.137. The van der Waals surface area contributed by atoms with Crippen LogP contribution in [0.1, 0.15) is 26.7 Å². The van der Waals surface area contributed by atoms with E-state index in [9.17, 15) is 9.59 Å². The molecule has 0 saturated heterocycles. The van der Waals surface area contributed by atoms with E-state index in [1.807, 2.05) is 17.1 Å². The van der Waals surface area contributed by atoms with Gasteiger partial charge in [-0.1, -0.05) is 25.5 Å². The average Bonchev–Trinajstić information content (AvgIpc) is 2.71. The summed E-state index contributed by atoms with van der Waals surface area (Å²) in [5.41, 5.74) is 1.67. The van der Waals surface area contributed by atoms with Crippen LogP contribution in [0.3, 0.4) is 0 Å². The van der Waals surface area contributed by atoms with Gasteiger partial charge in [-0.15, -0.1) is 0 Å². The second kappa shape index (κ2) is 8.19. The van der Waals surface area contributed by atoms with E-state index in [-0.39, 0.29) is 6.54 Å². The van der Waals surface area contributed by atoms with Crippen molar-refractivity contribution in [3.05, 3.63) is 35.7 Å². The molecule has 0 aromatic carbocycles. The lowest BCUT2D eigenvalue weighted by Crippen LogP contribution is -2.27. The Balaban J connectivity index is 2.72. The first-order valence-electron chi connectivity index (χ1n) is 6.80. The minimum absolute atomic E-state index is 0.0195. The third-order valence-corrected chi connectivity index (χ3v) is 3.11. The van der Waals surface area contributed by atoms with E-state index < -0.39 is 5.97 Å². The Kier molecular flexibility index (Phi) is 6.56. The third kappa shape index (κ3) is 5.30. The first kappa shape index (κ1) is 16.0. The Morgan fingerprint density at radius 1 is 1.60 bits per heavy atom. The molecule has 0 bridgehead atoms. The Morgan fingerprint density at radius 3 is 2.95 bits per heavy atom. The van der Waals surface area contributed by atoms with E-state index in [0.29, 0.717) is 12.3 Å². The van der Waals surface area contributed by atoms with Crippen molar-refractivity contribution in [1.29, 1.82) is 0 Å². The van der Waals surface area contributed by atoms with Gasteiger partial charge >= 0.3 is 5.97 Å². The Morgan fingerprint density at radius 2 is 2.35 bits per heavy atom. The van der Waals surface area contributed by atoms with Crippen LogP contribution in [0.15, 0.2) is 35.7 Å². The number of carboxylic acids is 1. The van der Waals surface area contributed by atoms with Crippen LogP contribution in [-0.4, -0.2) is 35.5 Å². The van der Waals surface area contributed by atoms with E-state index in [2.05, 4.69) is 18.3 Å². The second-order valence-electron chi connectivity index (χ2n) is 4.89. The normalized spacial score (nSPS) is 19.3. The molecule has 1 aliphatic heterocycles. The van der Waals surface area contributed by atoms with Crippen molar-refractivity contribution < 1.29 is 14.7 Å². The van der Waals surface area contributed by atoms with Crippen LogP contribution in [0.5, 0.6) is 0 Å². The lowest BCUT2D eigenvalue weighted by atomic mass is 10.1. The van der Waals surface area contributed by atoms with Gasteiger partial charge in [-0.25, -0.2) is 0 Å². The number of rotatable bonds is 8. The molecule has 0 fully saturated rings. The predicted octanol–water partition coefficient (Wildman–Crippen LogP) is 1.89. The lowest BCUT2D eigenvalue weighted by Gasteiger charge is -2.19. The third-order valence-electron chi connectivity index (χ3n) is 3.11. The van der Waals surface area contributed by atoms with E-state index in [1.165, 1.54) is 0 Å². The minimum atomic E-state index is -0.823. The topological polar surface area (TPSA) is 69.6 Å². The summed E-state index contributed by atoms with van der Waals surface area (Å²) in [5, 5.41) is 11.5. The maximum Gasteiger partial charge on any atom is 0.323 e. The second-order valence-corrected chi connectivity index (χ2v) is 4.89. The quantitative estimate of drug-likeness (QED) is 0.525. The van der Waals surface area contributed by atoms with Crippen molar-refractivity contribution in [3.63, 3.8) is 0 Å². The van der Waals surface area contributed by atoms with E-state index >= 15 is 0 Å². The number of carboxylic acid groups (broad SMARTS) is 1. The summed E-state index contributed by atoms with van der Waals surface area (Å²) in [6.07, 6.45) is 10.4. The molecule has 0 radical (unpaired) electrons. The number of carbonyl (C=O) groups excluding carboxylic acids is 1. The summed E-state index contributed by atoms with van der Waals surface area (Å²) in [6.45, 7) is 4.69. The predicted molar refractivity (Wildman–Crippen MR) is 77.8 cm³/mol. The molecule has 0 aromatic rings. The molecule has 1 aliphatic rings. The van der Waals surface area contributed by atoms with Crippen LogP contribution in [0.4, 0.5) is 0 Å². The van der Waals surface area contributed by atoms with Crippen LogP contribution in [0.25, 0.3) is 0 Å². The molecule has 0 aliphatic carbocycles.